The number of rotatable bonds is 6. The molecule has 0 aliphatic carbocycles. The van der Waals surface area contributed by atoms with Crippen LogP contribution in [0, 0.1) is 5.92 Å². The van der Waals surface area contributed by atoms with E-state index in [4.69, 9.17) is 20.1 Å². The Hall–Kier alpha value is -0.420. The van der Waals surface area contributed by atoms with Gasteiger partial charge >= 0.3 is 0 Å². The van der Waals surface area contributed by atoms with Crippen LogP contribution in [0.1, 0.15) is 0 Å². The van der Waals surface area contributed by atoms with Crippen LogP contribution in [0.25, 0.3) is 0 Å². The highest BCUT2D eigenvalue weighted by atomic mass is 16.5. The van der Waals surface area contributed by atoms with Crippen molar-refractivity contribution in [3.05, 3.63) is 12.7 Å². The molecule has 1 unspecified atom stereocenters. The second-order valence-electron chi connectivity index (χ2n) is 2.18. The molecular formula is C7H14O4. The van der Waals surface area contributed by atoms with Crippen molar-refractivity contribution in [1.29, 1.82) is 0 Å². The Kier molecular flexibility index (Phi) is 6.06. The topological polar surface area (TPSA) is 69.9 Å². The Labute approximate surface area is 65.7 Å². The predicted molar refractivity (Wildman–Crippen MR) is 39.8 cm³/mol. The summed E-state index contributed by atoms with van der Waals surface area (Å²) >= 11 is 0. The Morgan fingerprint density at radius 1 is 1.45 bits per heavy atom. The van der Waals surface area contributed by atoms with Gasteiger partial charge in [-0.05, 0) is 0 Å². The minimum absolute atomic E-state index is 0.125. The largest absolute Gasteiger partial charge is 0.396 e. The molecule has 0 aromatic carbocycles. The van der Waals surface area contributed by atoms with Crippen LogP contribution in [-0.4, -0.2) is 41.4 Å². The van der Waals surface area contributed by atoms with Crippen molar-refractivity contribution >= 4 is 0 Å². The summed E-state index contributed by atoms with van der Waals surface area (Å²) in [6, 6.07) is 0. The highest BCUT2D eigenvalue weighted by Gasteiger charge is 2.14. The van der Waals surface area contributed by atoms with Crippen molar-refractivity contribution in [2.45, 2.75) is 6.29 Å². The predicted octanol–water partition coefficient (Wildman–Crippen LogP) is -0.892. The summed E-state index contributed by atoms with van der Waals surface area (Å²) in [4.78, 5) is 0. The third-order valence-corrected chi connectivity index (χ3v) is 1.22. The van der Waals surface area contributed by atoms with Crippen molar-refractivity contribution in [1.82, 2.24) is 0 Å². The fourth-order valence-electron chi connectivity index (χ4n) is 0.536. The summed E-state index contributed by atoms with van der Waals surface area (Å²) in [5, 5.41) is 25.8. The van der Waals surface area contributed by atoms with Crippen molar-refractivity contribution in [2.24, 2.45) is 5.92 Å². The Balaban J connectivity index is 3.43. The van der Waals surface area contributed by atoms with Crippen LogP contribution in [0.4, 0.5) is 0 Å². The van der Waals surface area contributed by atoms with E-state index in [9.17, 15) is 0 Å². The molecule has 0 aromatic rings. The van der Waals surface area contributed by atoms with Gasteiger partial charge in [0.2, 0.25) is 0 Å². The SMILES string of the molecule is C=CCOCC(CO)C(O)O. The summed E-state index contributed by atoms with van der Waals surface area (Å²) in [5.41, 5.74) is 0. The lowest BCUT2D eigenvalue weighted by Gasteiger charge is -2.15. The van der Waals surface area contributed by atoms with Crippen molar-refractivity contribution in [2.75, 3.05) is 19.8 Å². The van der Waals surface area contributed by atoms with Gasteiger partial charge in [-0.2, -0.15) is 0 Å². The standard InChI is InChI=1S/C7H14O4/c1-2-3-11-5-6(4-8)7(9)10/h2,6-10H,1,3-5H2. The molecule has 3 N–H and O–H groups in total. The molecule has 0 heterocycles. The molecule has 0 saturated carbocycles. The second-order valence-corrected chi connectivity index (χ2v) is 2.18. The molecular weight excluding hydrogens is 148 g/mol. The second kappa shape index (κ2) is 6.30. The minimum Gasteiger partial charge on any atom is -0.396 e. The highest BCUT2D eigenvalue weighted by Crippen LogP contribution is 2.00. The first-order valence-electron chi connectivity index (χ1n) is 3.38. The Morgan fingerprint density at radius 3 is 2.45 bits per heavy atom. The van der Waals surface area contributed by atoms with Crippen molar-refractivity contribution in [3.63, 3.8) is 0 Å². The van der Waals surface area contributed by atoms with Crippen molar-refractivity contribution in [3.8, 4) is 0 Å². The first-order chi connectivity index (χ1) is 5.22. The normalized spacial score (nSPS) is 13.5. The van der Waals surface area contributed by atoms with Gasteiger partial charge < -0.3 is 20.1 Å². The molecule has 0 aliphatic rings. The molecule has 0 aliphatic heterocycles. The molecule has 11 heavy (non-hydrogen) atoms. The minimum atomic E-state index is -1.52. The zero-order valence-electron chi connectivity index (χ0n) is 6.31. The lowest BCUT2D eigenvalue weighted by atomic mass is 10.2. The quantitative estimate of drug-likeness (QED) is 0.269. The Morgan fingerprint density at radius 2 is 2.09 bits per heavy atom. The molecule has 0 bridgehead atoms. The van der Waals surface area contributed by atoms with Crippen LogP contribution in [-0.2, 0) is 4.74 Å². The fraction of sp³-hybridized carbons (Fsp3) is 0.714. The molecule has 4 heteroatoms. The van der Waals surface area contributed by atoms with Gasteiger partial charge in [-0.1, -0.05) is 6.08 Å². The summed E-state index contributed by atoms with van der Waals surface area (Å²) in [7, 11) is 0. The molecule has 4 nitrogen and oxygen atoms in total. The highest BCUT2D eigenvalue weighted by molar-refractivity contribution is 4.65. The zero-order chi connectivity index (χ0) is 8.69. The molecule has 0 radical (unpaired) electrons. The van der Waals surface area contributed by atoms with Gasteiger partial charge in [0.1, 0.15) is 0 Å². The van der Waals surface area contributed by atoms with E-state index in [1.54, 1.807) is 6.08 Å². The molecule has 0 saturated heterocycles. The molecule has 0 fully saturated rings. The van der Waals surface area contributed by atoms with E-state index in [1.807, 2.05) is 0 Å². The van der Waals surface area contributed by atoms with Gasteiger partial charge in [0.05, 0.1) is 25.7 Å². The van der Waals surface area contributed by atoms with Gasteiger partial charge in [-0.3, -0.25) is 0 Å². The van der Waals surface area contributed by atoms with E-state index in [1.165, 1.54) is 0 Å². The van der Waals surface area contributed by atoms with Gasteiger partial charge in [0.25, 0.3) is 0 Å². The Bertz CT molecular complexity index is 103. The summed E-state index contributed by atoms with van der Waals surface area (Å²) in [6.45, 7) is 3.59. The maximum absolute atomic E-state index is 8.60. The number of ether oxygens (including phenoxy) is 1. The van der Waals surface area contributed by atoms with E-state index >= 15 is 0 Å². The van der Waals surface area contributed by atoms with Crippen molar-refractivity contribution < 1.29 is 20.1 Å². The number of hydrogen-bond acceptors (Lipinski definition) is 4. The van der Waals surface area contributed by atoms with E-state index < -0.39 is 12.2 Å². The third-order valence-electron chi connectivity index (χ3n) is 1.22. The van der Waals surface area contributed by atoms with Gasteiger partial charge in [-0.25, -0.2) is 0 Å². The monoisotopic (exact) mass is 162 g/mol. The summed E-state index contributed by atoms with van der Waals surface area (Å²) in [5.74, 6) is -0.630. The van der Waals surface area contributed by atoms with Crippen LogP contribution in [0.2, 0.25) is 0 Å². The molecule has 0 rings (SSSR count). The molecule has 66 valence electrons. The summed E-state index contributed by atoms with van der Waals surface area (Å²) in [6.07, 6.45) is 0.0304. The van der Waals surface area contributed by atoms with Gasteiger partial charge in [0, 0.05) is 0 Å². The van der Waals surface area contributed by atoms with E-state index in [-0.39, 0.29) is 13.2 Å². The number of aliphatic hydroxyl groups excluding tert-OH is 2. The van der Waals surface area contributed by atoms with Crippen LogP contribution in [0.5, 0.6) is 0 Å². The molecule has 0 aromatic heterocycles. The number of aliphatic hydroxyl groups is 3. The lowest BCUT2D eigenvalue weighted by Crippen LogP contribution is -2.27. The average molecular weight is 162 g/mol. The maximum atomic E-state index is 8.60. The van der Waals surface area contributed by atoms with Gasteiger partial charge in [0.15, 0.2) is 6.29 Å². The third kappa shape index (κ3) is 4.92. The molecule has 0 spiro atoms. The molecule has 1 atom stereocenters. The smallest absolute Gasteiger partial charge is 0.158 e. The fourth-order valence-corrected chi connectivity index (χ4v) is 0.536. The van der Waals surface area contributed by atoms with Gasteiger partial charge in [-0.15, -0.1) is 6.58 Å². The van der Waals surface area contributed by atoms with Crippen LogP contribution in [0.15, 0.2) is 12.7 Å². The van der Waals surface area contributed by atoms with Crippen LogP contribution >= 0.6 is 0 Å². The first-order valence-corrected chi connectivity index (χ1v) is 3.38. The van der Waals surface area contributed by atoms with E-state index in [2.05, 4.69) is 6.58 Å². The van der Waals surface area contributed by atoms with E-state index in [0.29, 0.717) is 6.61 Å². The first kappa shape index (κ1) is 10.6. The van der Waals surface area contributed by atoms with Crippen LogP contribution < -0.4 is 0 Å². The maximum Gasteiger partial charge on any atom is 0.158 e. The summed E-state index contributed by atoms with van der Waals surface area (Å²) < 4.78 is 4.90. The lowest BCUT2D eigenvalue weighted by molar-refractivity contribution is -0.115. The average Bonchev–Trinajstić information content (AvgIpc) is 1.97. The molecule has 0 amide bonds. The number of hydrogen-bond donors (Lipinski definition) is 3. The van der Waals surface area contributed by atoms with Crippen LogP contribution in [0.3, 0.4) is 0 Å². The van der Waals surface area contributed by atoms with E-state index in [0.717, 1.165) is 0 Å². The zero-order valence-corrected chi connectivity index (χ0v) is 6.31.